The molecule has 0 N–H and O–H groups in total. The van der Waals surface area contributed by atoms with E-state index in [4.69, 9.17) is 11.6 Å². The second kappa shape index (κ2) is 4.86. The summed E-state index contributed by atoms with van der Waals surface area (Å²) in [5, 5.41) is 4.92. The van der Waals surface area contributed by atoms with Crippen LogP contribution in [0.1, 0.15) is 0 Å². The SMILES string of the molecule is Fc1cccc(-n2cc(-c3cccc(Cl)c3)cn2)c1. The monoisotopic (exact) mass is 272 g/mol. The van der Waals surface area contributed by atoms with Crippen LogP contribution < -0.4 is 0 Å². The highest BCUT2D eigenvalue weighted by Gasteiger charge is 2.04. The molecule has 2 aromatic carbocycles. The summed E-state index contributed by atoms with van der Waals surface area (Å²) in [4.78, 5) is 0. The maximum atomic E-state index is 13.2. The molecule has 0 aliphatic carbocycles. The van der Waals surface area contributed by atoms with Gasteiger partial charge in [0.1, 0.15) is 5.82 Å². The molecule has 0 aliphatic heterocycles. The predicted molar refractivity (Wildman–Crippen MR) is 74.0 cm³/mol. The Morgan fingerprint density at radius 2 is 1.84 bits per heavy atom. The smallest absolute Gasteiger partial charge is 0.125 e. The van der Waals surface area contributed by atoms with Gasteiger partial charge in [0.05, 0.1) is 11.9 Å². The van der Waals surface area contributed by atoms with Gasteiger partial charge in [-0.05, 0) is 35.9 Å². The number of benzene rings is 2. The molecule has 0 atom stereocenters. The highest BCUT2D eigenvalue weighted by molar-refractivity contribution is 6.30. The molecule has 0 saturated carbocycles. The summed E-state index contributed by atoms with van der Waals surface area (Å²) < 4.78 is 14.8. The molecular weight excluding hydrogens is 263 g/mol. The standard InChI is InChI=1S/C15H10ClFN2/c16-13-4-1-3-11(7-13)12-9-18-19(10-12)15-6-2-5-14(17)8-15/h1-10H. The summed E-state index contributed by atoms with van der Waals surface area (Å²) >= 11 is 5.96. The minimum atomic E-state index is -0.280. The highest BCUT2D eigenvalue weighted by Crippen LogP contribution is 2.23. The summed E-state index contributed by atoms with van der Waals surface area (Å²) in [5.41, 5.74) is 2.61. The van der Waals surface area contributed by atoms with Crippen LogP contribution in [0.2, 0.25) is 5.02 Å². The maximum Gasteiger partial charge on any atom is 0.125 e. The first-order valence-electron chi connectivity index (χ1n) is 5.79. The number of halogens is 2. The third kappa shape index (κ3) is 2.51. The zero-order valence-electron chi connectivity index (χ0n) is 9.92. The largest absolute Gasteiger partial charge is 0.240 e. The average Bonchev–Trinajstić information content (AvgIpc) is 2.88. The van der Waals surface area contributed by atoms with Crippen LogP contribution in [0.4, 0.5) is 4.39 Å². The van der Waals surface area contributed by atoms with Gasteiger partial charge in [0.15, 0.2) is 0 Å². The molecule has 0 fully saturated rings. The van der Waals surface area contributed by atoms with Crippen molar-refractivity contribution in [1.29, 1.82) is 0 Å². The van der Waals surface area contributed by atoms with Crippen molar-refractivity contribution in [1.82, 2.24) is 9.78 Å². The molecule has 0 bridgehead atoms. The zero-order valence-corrected chi connectivity index (χ0v) is 10.7. The minimum Gasteiger partial charge on any atom is -0.240 e. The van der Waals surface area contributed by atoms with Gasteiger partial charge in [0.2, 0.25) is 0 Å². The Hall–Kier alpha value is -2.13. The van der Waals surface area contributed by atoms with Gasteiger partial charge in [-0.1, -0.05) is 29.8 Å². The molecule has 94 valence electrons. The topological polar surface area (TPSA) is 17.8 Å². The summed E-state index contributed by atoms with van der Waals surface area (Å²) in [7, 11) is 0. The van der Waals surface area contributed by atoms with E-state index in [0.29, 0.717) is 10.7 Å². The molecule has 0 saturated heterocycles. The van der Waals surface area contributed by atoms with Crippen molar-refractivity contribution in [3.05, 3.63) is 71.8 Å². The summed E-state index contributed by atoms with van der Waals surface area (Å²) in [6.07, 6.45) is 3.58. The van der Waals surface area contributed by atoms with E-state index in [1.54, 1.807) is 23.0 Å². The Morgan fingerprint density at radius 1 is 1.00 bits per heavy atom. The molecule has 2 nitrogen and oxygen atoms in total. The second-order valence-corrected chi connectivity index (χ2v) is 4.60. The van der Waals surface area contributed by atoms with E-state index in [1.807, 2.05) is 30.5 Å². The second-order valence-electron chi connectivity index (χ2n) is 4.16. The molecule has 0 unspecified atom stereocenters. The van der Waals surface area contributed by atoms with Crippen molar-refractivity contribution < 1.29 is 4.39 Å². The highest BCUT2D eigenvalue weighted by atomic mass is 35.5. The van der Waals surface area contributed by atoms with E-state index >= 15 is 0 Å². The fourth-order valence-electron chi connectivity index (χ4n) is 1.90. The molecule has 19 heavy (non-hydrogen) atoms. The van der Waals surface area contributed by atoms with Crippen LogP contribution in [-0.2, 0) is 0 Å². The molecule has 1 heterocycles. The van der Waals surface area contributed by atoms with Crippen molar-refractivity contribution in [2.75, 3.05) is 0 Å². The molecule has 4 heteroatoms. The fraction of sp³-hybridized carbons (Fsp3) is 0. The Labute approximate surface area is 115 Å². The van der Waals surface area contributed by atoms with E-state index in [-0.39, 0.29) is 5.82 Å². The van der Waals surface area contributed by atoms with Crippen molar-refractivity contribution in [3.8, 4) is 16.8 Å². The average molecular weight is 273 g/mol. The van der Waals surface area contributed by atoms with E-state index in [0.717, 1.165) is 11.1 Å². The quantitative estimate of drug-likeness (QED) is 0.679. The van der Waals surface area contributed by atoms with Gasteiger partial charge in [-0.2, -0.15) is 5.10 Å². The number of aromatic nitrogens is 2. The van der Waals surface area contributed by atoms with Crippen molar-refractivity contribution in [3.63, 3.8) is 0 Å². The molecular formula is C15H10ClFN2. The van der Waals surface area contributed by atoms with Crippen LogP contribution in [-0.4, -0.2) is 9.78 Å². The lowest BCUT2D eigenvalue weighted by Crippen LogP contribution is -1.94. The number of nitrogens with zero attached hydrogens (tertiary/aromatic N) is 2. The molecule has 0 radical (unpaired) electrons. The fourth-order valence-corrected chi connectivity index (χ4v) is 2.09. The molecule has 3 rings (SSSR count). The lowest BCUT2D eigenvalue weighted by molar-refractivity contribution is 0.625. The molecule has 0 amide bonds. The first kappa shape index (κ1) is 11.9. The first-order chi connectivity index (χ1) is 9.22. The van der Waals surface area contributed by atoms with Crippen molar-refractivity contribution in [2.24, 2.45) is 0 Å². The van der Waals surface area contributed by atoms with Gasteiger partial charge in [-0.15, -0.1) is 0 Å². The minimum absolute atomic E-state index is 0.280. The van der Waals surface area contributed by atoms with E-state index in [1.165, 1.54) is 12.1 Å². The Balaban J connectivity index is 2.00. The van der Waals surface area contributed by atoms with E-state index < -0.39 is 0 Å². The first-order valence-corrected chi connectivity index (χ1v) is 6.17. The number of hydrogen-bond acceptors (Lipinski definition) is 1. The molecule has 0 spiro atoms. The summed E-state index contributed by atoms with van der Waals surface area (Å²) in [6.45, 7) is 0. The molecule has 3 aromatic rings. The van der Waals surface area contributed by atoms with Crippen LogP contribution in [0.15, 0.2) is 60.9 Å². The summed E-state index contributed by atoms with van der Waals surface area (Å²) in [6, 6.07) is 13.8. The van der Waals surface area contributed by atoms with Crippen molar-refractivity contribution >= 4 is 11.6 Å². The van der Waals surface area contributed by atoms with Gasteiger partial charge >= 0.3 is 0 Å². The molecule has 1 aromatic heterocycles. The third-order valence-corrected chi connectivity index (χ3v) is 3.05. The lowest BCUT2D eigenvalue weighted by atomic mass is 10.1. The predicted octanol–water partition coefficient (Wildman–Crippen LogP) is 4.33. The lowest BCUT2D eigenvalue weighted by Gasteiger charge is -2.00. The van der Waals surface area contributed by atoms with Crippen LogP contribution in [0.5, 0.6) is 0 Å². The number of rotatable bonds is 2. The zero-order chi connectivity index (χ0) is 13.2. The Kier molecular flexibility index (Phi) is 3.05. The van der Waals surface area contributed by atoms with E-state index in [2.05, 4.69) is 5.10 Å². The van der Waals surface area contributed by atoms with Crippen molar-refractivity contribution in [2.45, 2.75) is 0 Å². The normalized spacial score (nSPS) is 10.6. The van der Waals surface area contributed by atoms with Gasteiger partial charge in [0.25, 0.3) is 0 Å². The Bertz CT molecular complexity index is 661. The van der Waals surface area contributed by atoms with Crippen LogP contribution in [0.25, 0.3) is 16.8 Å². The van der Waals surface area contributed by atoms with Crippen LogP contribution in [0.3, 0.4) is 0 Å². The number of hydrogen-bond donors (Lipinski definition) is 0. The third-order valence-electron chi connectivity index (χ3n) is 2.81. The molecule has 0 aliphatic rings. The van der Waals surface area contributed by atoms with E-state index in [9.17, 15) is 4.39 Å². The Morgan fingerprint density at radius 3 is 2.63 bits per heavy atom. The summed E-state index contributed by atoms with van der Waals surface area (Å²) in [5.74, 6) is -0.280. The van der Waals surface area contributed by atoms with Gasteiger partial charge in [-0.25, -0.2) is 9.07 Å². The van der Waals surface area contributed by atoms with Crippen LogP contribution in [0, 0.1) is 5.82 Å². The maximum absolute atomic E-state index is 13.2. The van der Waals surface area contributed by atoms with Crippen LogP contribution >= 0.6 is 11.6 Å². The van der Waals surface area contributed by atoms with Gasteiger partial charge in [0, 0.05) is 16.8 Å². The van der Waals surface area contributed by atoms with Gasteiger partial charge < -0.3 is 0 Å². The van der Waals surface area contributed by atoms with Gasteiger partial charge in [-0.3, -0.25) is 0 Å².